The maximum atomic E-state index is 2.24. The standard InChI is InChI=1S/C10H14/c1-9-7-5-3-4-6-8-10(9)2/h3-10H,1-2H3/b4-3-,7-5-,8-6-/t9-,10+. The second-order valence-corrected chi connectivity index (χ2v) is 2.87. The predicted molar refractivity (Wildman–Crippen MR) is 45.7 cm³/mol. The lowest BCUT2D eigenvalue weighted by atomic mass is 9.94. The highest BCUT2D eigenvalue weighted by atomic mass is 14.1. The van der Waals surface area contributed by atoms with E-state index in [0.29, 0.717) is 11.8 Å². The molecule has 1 aliphatic rings. The average Bonchev–Trinajstić information content (AvgIpc) is 1.92. The topological polar surface area (TPSA) is 0 Å². The first-order valence-electron chi connectivity index (χ1n) is 3.82. The van der Waals surface area contributed by atoms with E-state index >= 15 is 0 Å². The highest BCUT2D eigenvalue weighted by Gasteiger charge is 2.04. The summed E-state index contributed by atoms with van der Waals surface area (Å²) in [6.45, 7) is 4.48. The molecule has 0 aliphatic heterocycles. The smallest absolute Gasteiger partial charge is 0.0198 e. The van der Waals surface area contributed by atoms with E-state index in [1.54, 1.807) is 0 Å². The summed E-state index contributed by atoms with van der Waals surface area (Å²) >= 11 is 0. The van der Waals surface area contributed by atoms with Gasteiger partial charge in [-0.25, -0.2) is 0 Å². The summed E-state index contributed by atoms with van der Waals surface area (Å²) in [5, 5.41) is 0. The van der Waals surface area contributed by atoms with E-state index in [1.807, 2.05) is 0 Å². The van der Waals surface area contributed by atoms with Gasteiger partial charge in [-0.2, -0.15) is 0 Å². The van der Waals surface area contributed by atoms with Gasteiger partial charge in [-0.05, 0) is 11.8 Å². The molecule has 0 saturated carbocycles. The van der Waals surface area contributed by atoms with Gasteiger partial charge in [-0.15, -0.1) is 0 Å². The van der Waals surface area contributed by atoms with Gasteiger partial charge < -0.3 is 0 Å². The number of hydrogen-bond donors (Lipinski definition) is 0. The molecule has 10 heavy (non-hydrogen) atoms. The van der Waals surface area contributed by atoms with Crippen molar-refractivity contribution in [3.63, 3.8) is 0 Å². The molecule has 0 aromatic carbocycles. The van der Waals surface area contributed by atoms with E-state index in [9.17, 15) is 0 Å². The summed E-state index contributed by atoms with van der Waals surface area (Å²) in [5.41, 5.74) is 0. The van der Waals surface area contributed by atoms with Crippen molar-refractivity contribution in [2.75, 3.05) is 0 Å². The van der Waals surface area contributed by atoms with Gasteiger partial charge in [0.1, 0.15) is 0 Å². The van der Waals surface area contributed by atoms with Gasteiger partial charge in [0.15, 0.2) is 0 Å². The molecule has 0 fully saturated rings. The first-order valence-corrected chi connectivity index (χ1v) is 3.82. The van der Waals surface area contributed by atoms with Crippen LogP contribution in [0.15, 0.2) is 36.5 Å². The van der Waals surface area contributed by atoms with Gasteiger partial charge >= 0.3 is 0 Å². The Hall–Kier alpha value is -0.780. The Bertz CT molecular complexity index is 152. The minimum absolute atomic E-state index is 0.668. The van der Waals surface area contributed by atoms with Gasteiger partial charge in [0.05, 0.1) is 0 Å². The molecule has 0 aromatic heterocycles. The Kier molecular flexibility index (Phi) is 2.49. The van der Waals surface area contributed by atoms with Gasteiger partial charge in [0, 0.05) is 0 Å². The predicted octanol–water partition coefficient (Wildman–Crippen LogP) is 2.94. The molecular weight excluding hydrogens is 120 g/mol. The van der Waals surface area contributed by atoms with Crippen molar-refractivity contribution in [3.8, 4) is 0 Å². The summed E-state index contributed by atoms with van der Waals surface area (Å²) in [4.78, 5) is 0. The van der Waals surface area contributed by atoms with E-state index in [0.717, 1.165) is 0 Å². The summed E-state index contributed by atoms with van der Waals surface area (Å²) in [6.07, 6.45) is 12.8. The van der Waals surface area contributed by atoms with E-state index in [4.69, 9.17) is 0 Å². The second kappa shape index (κ2) is 3.40. The van der Waals surface area contributed by atoms with Crippen molar-refractivity contribution >= 4 is 0 Å². The van der Waals surface area contributed by atoms with Crippen LogP contribution in [-0.2, 0) is 0 Å². The molecule has 0 spiro atoms. The molecule has 0 heterocycles. The molecule has 0 nitrogen and oxygen atoms in total. The molecule has 1 aliphatic carbocycles. The fourth-order valence-electron chi connectivity index (χ4n) is 0.958. The Balaban J connectivity index is 2.71. The van der Waals surface area contributed by atoms with Crippen molar-refractivity contribution in [2.24, 2.45) is 11.8 Å². The number of rotatable bonds is 0. The van der Waals surface area contributed by atoms with Crippen LogP contribution in [0, 0.1) is 11.8 Å². The zero-order chi connectivity index (χ0) is 7.40. The Morgan fingerprint density at radius 1 is 0.700 bits per heavy atom. The molecule has 54 valence electrons. The van der Waals surface area contributed by atoms with E-state index < -0.39 is 0 Å². The minimum atomic E-state index is 0.668. The van der Waals surface area contributed by atoms with Crippen LogP contribution in [0.2, 0.25) is 0 Å². The van der Waals surface area contributed by atoms with Crippen LogP contribution in [0.4, 0.5) is 0 Å². The molecule has 0 N–H and O–H groups in total. The molecule has 0 aromatic rings. The molecule has 2 atom stereocenters. The number of hydrogen-bond acceptors (Lipinski definition) is 0. The molecule has 0 radical (unpaired) electrons. The monoisotopic (exact) mass is 134 g/mol. The molecule has 1 rings (SSSR count). The van der Waals surface area contributed by atoms with Gasteiger partial charge in [0.2, 0.25) is 0 Å². The van der Waals surface area contributed by atoms with Crippen molar-refractivity contribution < 1.29 is 0 Å². The zero-order valence-corrected chi connectivity index (χ0v) is 6.62. The number of allylic oxidation sites excluding steroid dienone is 6. The SMILES string of the molecule is C[C@@H]1\C=C/C=C\C=C/[C@@H]1C. The van der Waals surface area contributed by atoms with E-state index in [-0.39, 0.29) is 0 Å². The highest BCUT2D eigenvalue weighted by Crippen LogP contribution is 2.14. The van der Waals surface area contributed by atoms with Crippen molar-refractivity contribution in [3.05, 3.63) is 36.5 Å². The van der Waals surface area contributed by atoms with Crippen LogP contribution in [0.3, 0.4) is 0 Å². The fraction of sp³-hybridized carbons (Fsp3) is 0.400. The quantitative estimate of drug-likeness (QED) is 0.478. The van der Waals surface area contributed by atoms with Crippen molar-refractivity contribution in [1.29, 1.82) is 0 Å². The maximum absolute atomic E-state index is 2.24. The van der Waals surface area contributed by atoms with Crippen LogP contribution < -0.4 is 0 Å². The van der Waals surface area contributed by atoms with Crippen LogP contribution >= 0.6 is 0 Å². The van der Waals surface area contributed by atoms with Crippen LogP contribution in [0.25, 0.3) is 0 Å². The molecule has 0 heteroatoms. The first kappa shape index (κ1) is 7.33. The molecule has 0 saturated heterocycles. The second-order valence-electron chi connectivity index (χ2n) is 2.87. The Morgan fingerprint density at radius 3 is 1.50 bits per heavy atom. The lowest BCUT2D eigenvalue weighted by Crippen LogP contribution is -2.01. The van der Waals surface area contributed by atoms with Crippen molar-refractivity contribution in [2.45, 2.75) is 13.8 Å². The van der Waals surface area contributed by atoms with E-state index in [1.165, 1.54) is 0 Å². The first-order chi connectivity index (χ1) is 4.80. The van der Waals surface area contributed by atoms with E-state index in [2.05, 4.69) is 50.3 Å². The summed E-state index contributed by atoms with van der Waals surface area (Å²) < 4.78 is 0. The zero-order valence-electron chi connectivity index (χ0n) is 6.62. The highest BCUT2D eigenvalue weighted by molar-refractivity contribution is 5.16. The van der Waals surface area contributed by atoms with Gasteiger partial charge in [0.25, 0.3) is 0 Å². The van der Waals surface area contributed by atoms with Crippen LogP contribution in [-0.4, -0.2) is 0 Å². The van der Waals surface area contributed by atoms with Crippen molar-refractivity contribution in [1.82, 2.24) is 0 Å². The Morgan fingerprint density at radius 2 is 1.10 bits per heavy atom. The average molecular weight is 134 g/mol. The summed E-state index contributed by atoms with van der Waals surface area (Å²) in [5.74, 6) is 1.34. The fourth-order valence-corrected chi connectivity index (χ4v) is 0.958. The minimum Gasteiger partial charge on any atom is -0.0811 e. The van der Waals surface area contributed by atoms with Gasteiger partial charge in [-0.1, -0.05) is 50.3 Å². The Labute approximate surface area is 62.9 Å². The third kappa shape index (κ3) is 1.87. The lowest BCUT2D eigenvalue weighted by molar-refractivity contribution is 0.558. The third-order valence-electron chi connectivity index (χ3n) is 1.99. The molecule has 0 bridgehead atoms. The summed E-state index contributed by atoms with van der Waals surface area (Å²) in [7, 11) is 0. The largest absolute Gasteiger partial charge is 0.0811 e. The van der Waals surface area contributed by atoms with Crippen LogP contribution in [0.1, 0.15) is 13.8 Å². The maximum Gasteiger partial charge on any atom is -0.0198 e. The summed E-state index contributed by atoms with van der Waals surface area (Å²) in [6, 6.07) is 0. The van der Waals surface area contributed by atoms with Crippen LogP contribution in [0.5, 0.6) is 0 Å². The third-order valence-corrected chi connectivity index (χ3v) is 1.99. The molecular formula is C10H14. The molecule has 0 amide bonds. The lowest BCUT2D eigenvalue weighted by Gasteiger charge is -2.11. The molecule has 0 unspecified atom stereocenters. The normalized spacial score (nSPS) is 41.4. The van der Waals surface area contributed by atoms with Gasteiger partial charge in [-0.3, -0.25) is 0 Å².